The average molecular weight is 356 g/mol. The van der Waals surface area contributed by atoms with Gasteiger partial charge in [0.05, 0.1) is 0 Å². The van der Waals surface area contributed by atoms with Crippen LogP contribution in [-0.4, -0.2) is 20.4 Å². The SMILES string of the molecule is CCCCCC(O)O[Si](c1ccccc1)c1ccc(C(C)(C)C)cc1. The number of aliphatic hydroxyl groups is 1. The smallest absolute Gasteiger partial charge is 0.285 e. The summed E-state index contributed by atoms with van der Waals surface area (Å²) in [6, 6.07) is 19.0. The molecule has 1 N–H and O–H groups in total. The van der Waals surface area contributed by atoms with Gasteiger partial charge >= 0.3 is 0 Å². The van der Waals surface area contributed by atoms with Gasteiger partial charge in [0.25, 0.3) is 9.04 Å². The van der Waals surface area contributed by atoms with E-state index in [0.29, 0.717) is 6.42 Å². The fourth-order valence-corrected chi connectivity index (χ4v) is 4.74. The van der Waals surface area contributed by atoms with Crippen molar-refractivity contribution in [3.05, 3.63) is 60.2 Å². The van der Waals surface area contributed by atoms with E-state index in [1.54, 1.807) is 0 Å². The summed E-state index contributed by atoms with van der Waals surface area (Å²) in [6.45, 7) is 8.83. The van der Waals surface area contributed by atoms with Crippen LogP contribution in [0.1, 0.15) is 58.9 Å². The monoisotopic (exact) mass is 355 g/mol. The summed E-state index contributed by atoms with van der Waals surface area (Å²) in [4.78, 5) is 0. The van der Waals surface area contributed by atoms with Crippen molar-refractivity contribution in [2.75, 3.05) is 0 Å². The van der Waals surface area contributed by atoms with Gasteiger partial charge in [-0.3, -0.25) is 0 Å². The predicted molar refractivity (Wildman–Crippen MR) is 108 cm³/mol. The molecule has 0 aliphatic carbocycles. The molecule has 2 aromatic rings. The van der Waals surface area contributed by atoms with Gasteiger partial charge in [0, 0.05) is 0 Å². The van der Waals surface area contributed by atoms with E-state index in [0.717, 1.165) is 19.3 Å². The van der Waals surface area contributed by atoms with E-state index in [-0.39, 0.29) is 5.41 Å². The number of rotatable bonds is 8. The molecule has 0 fully saturated rings. The van der Waals surface area contributed by atoms with E-state index in [4.69, 9.17) is 4.43 Å². The van der Waals surface area contributed by atoms with Gasteiger partial charge in [0.15, 0.2) is 0 Å². The molecule has 1 unspecified atom stereocenters. The Labute approximate surface area is 154 Å². The number of benzene rings is 2. The van der Waals surface area contributed by atoms with E-state index >= 15 is 0 Å². The molecular formula is C22H31O2Si. The molecule has 0 spiro atoms. The Hall–Kier alpha value is -1.42. The van der Waals surface area contributed by atoms with Crippen LogP contribution in [0.3, 0.4) is 0 Å². The highest BCUT2D eigenvalue weighted by molar-refractivity contribution is 6.80. The van der Waals surface area contributed by atoms with Crippen molar-refractivity contribution < 1.29 is 9.53 Å². The second kappa shape index (κ2) is 9.32. The molecule has 0 saturated carbocycles. The van der Waals surface area contributed by atoms with Crippen LogP contribution in [0, 0.1) is 0 Å². The van der Waals surface area contributed by atoms with Gasteiger partial charge in [-0.25, -0.2) is 0 Å². The minimum Gasteiger partial charge on any atom is -0.382 e. The quantitative estimate of drug-likeness (QED) is 0.440. The van der Waals surface area contributed by atoms with Crippen molar-refractivity contribution in [3.8, 4) is 0 Å². The molecule has 0 amide bonds. The highest BCUT2D eigenvalue weighted by atomic mass is 28.3. The van der Waals surface area contributed by atoms with Crippen LogP contribution >= 0.6 is 0 Å². The van der Waals surface area contributed by atoms with Gasteiger partial charge < -0.3 is 9.53 Å². The van der Waals surface area contributed by atoms with Gasteiger partial charge in [-0.15, -0.1) is 0 Å². The summed E-state index contributed by atoms with van der Waals surface area (Å²) in [5, 5.41) is 12.7. The highest BCUT2D eigenvalue weighted by Crippen LogP contribution is 2.20. The third-order valence-corrected chi connectivity index (χ3v) is 6.58. The number of hydrogen-bond acceptors (Lipinski definition) is 2. The maximum Gasteiger partial charge on any atom is 0.285 e. The van der Waals surface area contributed by atoms with Crippen molar-refractivity contribution in [1.29, 1.82) is 0 Å². The normalized spacial score (nSPS) is 13.2. The van der Waals surface area contributed by atoms with E-state index in [9.17, 15) is 5.11 Å². The molecule has 2 nitrogen and oxygen atoms in total. The zero-order valence-corrected chi connectivity index (χ0v) is 17.0. The summed E-state index contributed by atoms with van der Waals surface area (Å²) >= 11 is 0. The lowest BCUT2D eigenvalue weighted by atomic mass is 9.87. The van der Waals surface area contributed by atoms with Gasteiger partial charge in [-0.05, 0) is 34.2 Å². The molecule has 1 atom stereocenters. The summed E-state index contributed by atoms with van der Waals surface area (Å²) in [7, 11) is -1.45. The molecule has 3 heteroatoms. The topological polar surface area (TPSA) is 29.5 Å². The van der Waals surface area contributed by atoms with Crippen LogP contribution in [0.15, 0.2) is 54.6 Å². The van der Waals surface area contributed by atoms with Crippen molar-refractivity contribution in [1.82, 2.24) is 0 Å². The molecule has 2 aromatic carbocycles. The summed E-state index contributed by atoms with van der Waals surface area (Å²) < 4.78 is 6.15. The number of aliphatic hydroxyl groups excluding tert-OH is 1. The van der Waals surface area contributed by atoms with Crippen LogP contribution in [-0.2, 0) is 9.84 Å². The summed E-state index contributed by atoms with van der Waals surface area (Å²) in [5.41, 5.74) is 1.45. The number of hydrogen-bond donors (Lipinski definition) is 1. The molecule has 2 rings (SSSR count). The molecule has 135 valence electrons. The Balaban J connectivity index is 2.20. The molecule has 0 heterocycles. The molecule has 0 aliphatic heterocycles. The van der Waals surface area contributed by atoms with E-state index in [1.165, 1.54) is 15.9 Å². The van der Waals surface area contributed by atoms with Crippen LogP contribution in [0.5, 0.6) is 0 Å². The fourth-order valence-electron chi connectivity index (χ4n) is 2.78. The molecule has 0 aliphatic rings. The van der Waals surface area contributed by atoms with E-state index in [2.05, 4.69) is 64.1 Å². The predicted octanol–water partition coefficient (Wildman–Crippen LogP) is 4.01. The van der Waals surface area contributed by atoms with Crippen molar-refractivity contribution in [2.24, 2.45) is 0 Å². The second-order valence-corrected chi connectivity index (χ2v) is 9.64. The minimum absolute atomic E-state index is 0.138. The number of unbranched alkanes of at least 4 members (excludes halogenated alkanes) is 2. The first-order valence-electron chi connectivity index (χ1n) is 9.30. The van der Waals surface area contributed by atoms with Crippen LogP contribution < -0.4 is 10.4 Å². The fraction of sp³-hybridized carbons (Fsp3) is 0.455. The van der Waals surface area contributed by atoms with Crippen molar-refractivity contribution in [3.63, 3.8) is 0 Å². The van der Waals surface area contributed by atoms with Crippen LogP contribution in [0.25, 0.3) is 0 Å². The Bertz CT molecular complexity index is 617. The minimum atomic E-state index is -1.45. The molecule has 1 radical (unpaired) electrons. The summed E-state index contributed by atoms with van der Waals surface area (Å²) in [5.74, 6) is 0. The van der Waals surface area contributed by atoms with Gasteiger partial charge in [-0.2, -0.15) is 0 Å². The zero-order chi connectivity index (χ0) is 18.3. The first kappa shape index (κ1) is 19.9. The molecule has 0 saturated heterocycles. The lowest BCUT2D eigenvalue weighted by Crippen LogP contribution is -2.47. The Morgan fingerprint density at radius 2 is 1.52 bits per heavy atom. The van der Waals surface area contributed by atoms with Crippen LogP contribution in [0.2, 0.25) is 0 Å². The van der Waals surface area contributed by atoms with Crippen molar-refractivity contribution in [2.45, 2.75) is 65.1 Å². The molecule has 25 heavy (non-hydrogen) atoms. The summed E-state index contributed by atoms with van der Waals surface area (Å²) in [6.07, 6.45) is 3.30. The standard InChI is InChI=1S/C22H31O2Si/c1-5-6-8-13-21(23)24-25(19-11-9-7-10-12-19)20-16-14-18(15-17-20)22(2,3)4/h7,9-12,14-17,21,23H,5-6,8,13H2,1-4H3. The largest absolute Gasteiger partial charge is 0.382 e. The third-order valence-electron chi connectivity index (χ3n) is 4.36. The second-order valence-electron chi connectivity index (χ2n) is 7.59. The molecule has 0 aromatic heterocycles. The maximum atomic E-state index is 10.4. The lowest BCUT2D eigenvalue weighted by molar-refractivity contribution is -0.0241. The molecule has 0 bridgehead atoms. The lowest BCUT2D eigenvalue weighted by Gasteiger charge is -2.23. The van der Waals surface area contributed by atoms with Gasteiger partial charge in [0.1, 0.15) is 6.29 Å². The first-order valence-corrected chi connectivity index (χ1v) is 10.7. The Morgan fingerprint density at radius 1 is 0.920 bits per heavy atom. The van der Waals surface area contributed by atoms with Gasteiger partial charge in [0.2, 0.25) is 0 Å². The van der Waals surface area contributed by atoms with E-state index < -0.39 is 15.3 Å². The van der Waals surface area contributed by atoms with Crippen molar-refractivity contribution >= 4 is 19.4 Å². The Kier molecular flexibility index (Phi) is 7.42. The molecular weight excluding hydrogens is 324 g/mol. The highest BCUT2D eigenvalue weighted by Gasteiger charge is 2.23. The van der Waals surface area contributed by atoms with Crippen LogP contribution in [0.4, 0.5) is 0 Å². The Morgan fingerprint density at radius 3 is 2.08 bits per heavy atom. The average Bonchev–Trinajstić information content (AvgIpc) is 2.60. The van der Waals surface area contributed by atoms with Gasteiger partial charge in [-0.1, -0.05) is 95.1 Å². The zero-order valence-electron chi connectivity index (χ0n) is 16.0. The first-order chi connectivity index (χ1) is 11.9. The maximum absolute atomic E-state index is 10.4. The third kappa shape index (κ3) is 6.10. The van der Waals surface area contributed by atoms with E-state index in [1.807, 2.05) is 18.2 Å².